The summed E-state index contributed by atoms with van der Waals surface area (Å²) < 4.78 is 40.2. The van der Waals surface area contributed by atoms with Crippen LogP contribution in [-0.4, -0.2) is 16.6 Å². The highest BCUT2D eigenvalue weighted by Gasteiger charge is 2.31. The second kappa shape index (κ2) is 4.96. The van der Waals surface area contributed by atoms with Gasteiger partial charge in [-0.15, -0.1) is 13.2 Å². The third-order valence-electron chi connectivity index (χ3n) is 2.89. The first-order chi connectivity index (χ1) is 9.92. The average molecular weight is 313 g/mol. The Morgan fingerprint density at radius 1 is 1.05 bits per heavy atom. The van der Waals surface area contributed by atoms with Crippen molar-refractivity contribution in [2.24, 2.45) is 0 Å². The number of rotatable bonds is 2. The molecule has 21 heavy (non-hydrogen) atoms. The normalized spacial score (nSPS) is 11.8. The van der Waals surface area contributed by atoms with E-state index in [2.05, 4.69) is 14.9 Å². The maximum Gasteiger partial charge on any atom is 0.573 e. The molecule has 3 aromatic rings. The third kappa shape index (κ3) is 2.95. The number of benzene rings is 2. The van der Waals surface area contributed by atoms with Crippen LogP contribution in [0.25, 0.3) is 22.2 Å². The molecule has 0 aliphatic rings. The van der Waals surface area contributed by atoms with Crippen molar-refractivity contribution in [1.29, 1.82) is 0 Å². The molecular weight excluding hydrogens is 305 g/mol. The van der Waals surface area contributed by atoms with Crippen LogP contribution in [0.1, 0.15) is 0 Å². The van der Waals surface area contributed by atoms with Crippen LogP contribution in [0.5, 0.6) is 5.75 Å². The van der Waals surface area contributed by atoms with Crippen molar-refractivity contribution in [2.75, 3.05) is 0 Å². The molecule has 0 bridgehead atoms. The molecular formula is C14H8ClF3N2O. The van der Waals surface area contributed by atoms with Crippen LogP contribution >= 0.6 is 11.6 Å². The summed E-state index contributed by atoms with van der Waals surface area (Å²) >= 11 is 5.95. The van der Waals surface area contributed by atoms with Gasteiger partial charge < -0.3 is 4.74 Å². The quantitative estimate of drug-likeness (QED) is 0.739. The van der Waals surface area contributed by atoms with E-state index in [-0.39, 0.29) is 5.75 Å². The topological polar surface area (TPSA) is 37.9 Å². The molecule has 0 amide bonds. The van der Waals surface area contributed by atoms with Crippen molar-refractivity contribution in [3.05, 3.63) is 47.5 Å². The van der Waals surface area contributed by atoms with Gasteiger partial charge in [-0.2, -0.15) is 5.10 Å². The van der Waals surface area contributed by atoms with E-state index < -0.39 is 6.36 Å². The van der Waals surface area contributed by atoms with E-state index in [1.807, 2.05) is 0 Å². The average Bonchev–Trinajstić information content (AvgIpc) is 2.81. The minimum absolute atomic E-state index is 0.274. The summed E-state index contributed by atoms with van der Waals surface area (Å²) in [5.41, 5.74) is 2.08. The van der Waals surface area contributed by atoms with Gasteiger partial charge in [-0.25, -0.2) is 0 Å². The molecule has 0 spiro atoms. The van der Waals surface area contributed by atoms with Crippen molar-refractivity contribution < 1.29 is 17.9 Å². The molecule has 1 aromatic heterocycles. The number of aromatic nitrogens is 2. The summed E-state index contributed by atoms with van der Waals surface area (Å²) in [5.74, 6) is -0.274. The number of aromatic amines is 1. The second-order valence-electron chi connectivity index (χ2n) is 4.33. The Kier molecular flexibility index (Phi) is 3.25. The molecule has 0 fully saturated rings. The van der Waals surface area contributed by atoms with Crippen LogP contribution in [-0.2, 0) is 0 Å². The summed E-state index contributed by atoms with van der Waals surface area (Å²) in [5, 5.41) is 8.37. The molecule has 0 saturated heterocycles. The Morgan fingerprint density at radius 2 is 1.76 bits per heavy atom. The monoisotopic (exact) mass is 312 g/mol. The van der Waals surface area contributed by atoms with Crippen LogP contribution in [0.4, 0.5) is 13.2 Å². The molecule has 0 atom stereocenters. The van der Waals surface area contributed by atoms with E-state index in [9.17, 15) is 13.2 Å². The first kappa shape index (κ1) is 13.8. The Labute approximate surface area is 122 Å². The molecule has 0 aliphatic heterocycles. The maximum atomic E-state index is 12.1. The van der Waals surface area contributed by atoms with E-state index in [1.54, 1.807) is 18.2 Å². The lowest BCUT2D eigenvalue weighted by atomic mass is 10.1. The zero-order valence-electron chi connectivity index (χ0n) is 10.4. The van der Waals surface area contributed by atoms with Gasteiger partial charge in [0.15, 0.2) is 0 Å². The van der Waals surface area contributed by atoms with E-state index in [4.69, 9.17) is 11.6 Å². The van der Waals surface area contributed by atoms with Crippen molar-refractivity contribution in [3.63, 3.8) is 0 Å². The van der Waals surface area contributed by atoms with Crippen molar-refractivity contribution in [1.82, 2.24) is 10.2 Å². The van der Waals surface area contributed by atoms with E-state index in [0.717, 1.165) is 10.9 Å². The fourth-order valence-electron chi connectivity index (χ4n) is 2.02. The zero-order chi connectivity index (χ0) is 15.0. The molecule has 1 heterocycles. The number of hydrogen-bond donors (Lipinski definition) is 1. The van der Waals surface area contributed by atoms with Crippen molar-refractivity contribution >= 4 is 22.5 Å². The fraction of sp³-hybridized carbons (Fsp3) is 0.0714. The highest BCUT2D eigenvalue weighted by molar-refractivity contribution is 6.31. The van der Waals surface area contributed by atoms with Gasteiger partial charge in [0, 0.05) is 16.0 Å². The summed E-state index contributed by atoms with van der Waals surface area (Å²) in [6.45, 7) is 0. The molecule has 0 saturated carbocycles. The summed E-state index contributed by atoms with van der Waals surface area (Å²) in [6.07, 6.45) is -4.70. The molecule has 2 aromatic carbocycles. The van der Waals surface area contributed by atoms with Crippen molar-refractivity contribution in [2.45, 2.75) is 6.36 Å². The molecule has 0 aliphatic carbocycles. The largest absolute Gasteiger partial charge is 0.573 e. The summed E-state index contributed by atoms with van der Waals surface area (Å²) in [4.78, 5) is 0. The molecule has 3 rings (SSSR count). The Morgan fingerprint density at radius 3 is 2.43 bits per heavy atom. The molecule has 3 nitrogen and oxygen atoms in total. The van der Waals surface area contributed by atoms with Crippen LogP contribution in [0, 0.1) is 0 Å². The molecule has 7 heteroatoms. The van der Waals surface area contributed by atoms with Gasteiger partial charge in [0.25, 0.3) is 0 Å². The van der Waals surface area contributed by atoms with E-state index >= 15 is 0 Å². The summed E-state index contributed by atoms with van der Waals surface area (Å²) in [6, 6.07) is 10.8. The Hall–Kier alpha value is -2.21. The molecule has 0 unspecified atom stereocenters. The lowest BCUT2D eigenvalue weighted by molar-refractivity contribution is -0.274. The molecule has 108 valence electrons. The minimum atomic E-state index is -4.70. The predicted octanol–water partition coefficient (Wildman–Crippen LogP) is 4.78. The molecule has 1 N–H and O–H groups in total. The van der Waals surface area contributed by atoms with Crippen molar-refractivity contribution in [3.8, 4) is 17.0 Å². The predicted molar refractivity (Wildman–Crippen MR) is 73.2 cm³/mol. The Balaban J connectivity index is 1.97. The van der Waals surface area contributed by atoms with E-state index in [0.29, 0.717) is 16.3 Å². The fourth-order valence-corrected chi connectivity index (χ4v) is 2.19. The lowest BCUT2D eigenvalue weighted by Gasteiger charge is -2.08. The van der Waals surface area contributed by atoms with Gasteiger partial charge in [0.1, 0.15) is 5.75 Å². The third-order valence-corrected chi connectivity index (χ3v) is 3.12. The highest BCUT2D eigenvalue weighted by Crippen LogP contribution is 2.30. The van der Waals surface area contributed by atoms with Gasteiger partial charge in [-0.05, 0) is 42.5 Å². The minimum Gasteiger partial charge on any atom is -0.406 e. The number of nitrogens with one attached hydrogen (secondary N) is 1. The van der Waals surface area contributed by atoms with Gasteiger partial charge in [-0.1, -0.05) is 11.6 Å². The number of fused-ring (bicyclic) bond motifs is 1. The second-order valence-corrected chi connectivity index (χ2v) is 4.77. The highest BCUT2D eigenvalue weighted by atomic mass is 35.5. The van der Waals surface area contributed by atoms with Crippen LogP contribution < -0.4 is 4.74 Å². The zero-order valence-corrected chi connectivity index (χ0v) is 11.2. The smallest absolute Gasteiger partial charge is 0.406 e. The number of H-pyrrole nitrogens is 1. The van der Waals surface area contributed by atoms with Gasteiger partial charge in [0.05, 0.1) is 11.2 Å². The van der Waals surface area contributed by atoms with Gasteiger partial charge in [-0.3, -0.25) is 5.10 Å². The number of alkyl halides is 3. The van der Waals surface area contributed by atoms with Gasteiger partial charge >= 0.3 is 6.36 Å². The van der Waals surface area contributed by atoms with Crippen LogP contribution in [0.3, 0.4) is 0 Å². The first-order valence-corrected chi connectivity index (χ1v) is 6.30. The van der Waals surface area contributed by atoms with Crippen LogP contribution in [0.15, 0.2) is 42.5 Å². The number of hydrogen-bond acceptors (Lipinski definition) is 2. The SMILES string of the molecule is FC(F)(F)Oc1ccc(-c2n[nH]c3ccc(Cl)cc23)cc1. The maximum absolute atomic E-state index is 12.1. The number of halogens is 4. The standard InChI is InChI=1S/C14H8ClF3N2O/c15-9-3-6-12-11(7-9)13(20-19-12)8-1-4-10(5-2-8)21-14(16,17)18/h1-7H,(H,19,20). The number of ether oxygens (including phenoxy) is 1. The molecule has 0 radical (unpaired) electrons. The summed E-state index contributed by atoms with van der Waals surface area (Å²) in [7, 11) is 0. The van der Waals surface area contributed by atoms with Crippen LogP contribution in [0.2, 0.25) is 5.02 Å². The lowest BCUT2D eigenvalue weighted by Crippen LogP contribution is -2.16. The Bertz CT molecular complexity index is 781. The first-order valence-electron chi connectivity index (χ1n) is 5.92. The number of nitrogens with zero attached hydrogens (tertiary/aromatic N) is 1. The van der Waals surface area contributed by atoms with E-state index in [1.165, 1.54) is 24.3 Å². The van der Waals surface area contributed by atoms with Gasteiger partial charge in [0.2, 0.25) is 0 Å².